The number of benzene rings is 1. The molecule has 0 bridgehead atoms. The van der Waals surface area contributed by atoms with E-state index in [0.717, 1.165) is 30.8 Å². The van der Waals surface area contributed by atoms with Gasteiger partial charge < -0.3 is 15.3 Å². The fourth-order valence-electron chi connectivity index (χ4n) is 2.96. The molecule has 2 rings (SSSR count). The number of fused-ring (bicyclic) bond motifs is 1. The van der Waals surface area contributed by atoms with Crippen LogP contribution in [0.4, 0.5) is 0 Å². The van der Waals surface area contributed by atoms with Crippen molar-refractivity contribution in [2.24, 2.45) is 0 Å². The van der Waals surface area contributed by atoms with Gasteiger partial charge in [0.05, 0.1) is 0 Å². The van der Waals surface area contributed by atoms with Crippen LogP contribution in [0.3, 0.4) is 0 Å². The third-order valence-corrected chi connectivity index (χ3v) is 4.30. The SMILES string of the molecule is CCN(CC)CCNC1(C(=O)O)Cc2ccccc2C1. The molecule has 0 atom stereocenters. The van der Waals surface area contributed by atoms with Crippen LogP contribution in [0.25, 0.3) is 0 Å². The van der Waals surface area contributed by atoms with Gasteiger partial charge in [-0.1, -0.05) is 38.1 Å². The average Bonchev–Trinajstić information content (AvgIpc) is 2.83. The Morgan fingerprint density at radius 2 is 1.80 bits per heavy atom. The van der Waals surface area contributed by atoms with Crippen LogP contribution < -0.4 is 5.32 Å². The highest BCUT2D eigenvalue weighted by atomic mass is 16.4. The lowest BCUT2D eigenvalue weighted by atomic mass is 9.96. The van der Waals surface area contributed by atoms with E-state index in [1.165, 1.54) is 0 Å². The molecular formula is C16H24N2O2. The van der Waals surface area contributed by atoms with Crippen molar-refractivity contribution in [1.82, 2.24) is 10.2 Å². The molecule has 1 aromatic rings. The van der Waals surface area contributed by atoms with Crippen LogP contribution in [0.2, 0.25) is 0 Å². The van der Waals surface area contributed by atoms with E-state index in [4.69, 9.17) is 0 Å². The van der Waals surface area contributed by atoms with Crippen LogP contribution >= 0.6 is 0 Å². The molecule has 4 nitrogen and oxygen atoms in total. The van der Waals surface area contributed by atoms with Crippen molar-refractivity contribution in [3.63, 3.8) is 0 Å². The van der Waals surface area contributed by atoms with E-state index in [1.54, 1.807) is 0 Å². The fraction of sp³-hybridized carbons (Fsp3) is 0.562. The van der Waals surface area contributed by atoms with Crippen LogP contribution in [-0.4, -0.2) is 47.7 Å². The van der Waals surface area contributed by atoms with Gasteiger partial charge in [0.25, 0.3) is 0 Å². The van der Waals surface area contributed by atoms with Gasteiger partial charge in [-0.3, -0.25) is 4.79 Å². The minimum Gasteiger partial charge on any atom is -0.480 e. The van der Waals surface area contributed by atoms with E-state index in [-0.39, 0.29) is 0 Å². The molecule has 110 valence electrons. The molecule has 0 aliphatic heterocycles. The normalized spacial score (nSPS) is 16.4. The van der Waals surface area contributed by atoms with Gasteiger partial charge in [0.15, 0.2) is 0 Å². The summed E-state index contributed by atoms with van der Waals surface area (Å²) in [6.45, 7) is 7.85. The topological polar surface area (TPSA) is 52.6 Å². The summed E-state index contributed by atoms with van der Waals surface area (Å²) in [5.74, 6) is -0.742. The van der Waals surface area contributed by atoms with Gasteiger partial charge in [-0.2, -0.15) is 0 Å². The molecule has 0 fully saturated rings. The van der Waals surface area contributed by atoms with Crippen molar-refractivity contribution < 1.29 is 9.90 Å². The average molecular weight is 276 g/mol. The molecule has 20 heavy (non-hydrogen) atoms. The van der Waals surface area contributed by atoms with Crippen molar-refractivity contribution in [1.29, 1.82) is 0 Å². The largest absolute Gasteiger partial charge is 0.480 e. The maximum Gasteiger partial charge on any atom is 0.324 e. The molecule has 1 aromatic carbocycles. The summed E-state index contributed by atoms with van der Waals surface area (Å²) in [6.07, 6.45) is 1.16. The molecule has 0 saturated heterocycles. The van der Waals surface area contributed by atoms with Crippen LogP contribution in [0, 0.1) is 0 Å². The Kier molecular flexibility index (Phi) is 4.78. The molecular weight excluding hydrogens is 252 g/mol. The van der Waals surface area contributed by atoms with Gasteiger partial charge in [0.2, 0.25) is 0 Å². The zero-order valence-corrected chi connectivity index (χ0v) is 12.4. The zero-order chi connectivity index (χ0) is 14.6. The van der Waals surface area contributed by atoms with Crippen LogP contribution in [0.1, 0.15) is 25.0 Å². The number of carboxylic acids is 1. The molecule has 4 heteroatoms. The van der Waals surface area contributed by atoms with E-state index in [1.807, 2.05) is 24.3 Å². The van der Waals surface area contributed by atoms with Crippen molar-refractivity contribution in [2.75, 3.05) is 26.2 Å². The van der Waals surface area contributed by atoms with E-state index >= 15 is 0 Å². The summed E-state index contributed by atoms with van der Waals surface area (Å²) in [4.78, 5) is 14.0. The number of rotatable bonds is 7. The number of hydrogen-bond acceptors (Lipinski definition) is 3. The van der Waals surface area contributed by atoms with Gasteiger partial charge in [-0.25, -0.2) is 0 Å². The third-order valence-electron chi connectivity index (χ3n) is 4.30. The number of nitrogens with one attached hydrogen (secondary N) is 1. The van der Waals surface area contributed by atoms with Crippen molar-refractivity contribution in [3.05, 3.63) is 35.4 Å². The highest BCUT2D eigenvalue weighted by Gasteiger charge is 2.43. The van der Waals surface area contributed by atoms with Gasteiger partial charge in [0.1, 0.15) is 5.54 Å². The van der Waals surface area contributed by atoms with Crippen molar-refractivity contribution in [3.8, 4) is 0 Å². The molecule has 0 saturated carbocycles. The van der Waals surface area contributed by atoms with Gasteiger partial charge in [-0.15, -0.1) is 0 Å². The lowest BCUT2D eigenvalue weighted by Gasteiger charge is -2.27. The lowest BCUT2D eigenvalue weighted by molar-refractivity contribution is -0.144. The molecule has 2 N–H and O–H groups in total. The Morgan fingerprint density at radius 1 is 1.25 bits per heavy atom. The summed E-state index contributed by atoms with van der Waals surface area (Å²) >= 11 is 0. The molecule has 0 radical (unpaired) electrons. The summed E-state index contributed by atoms with van der Waals surface area (Å²) in [6, 6.07) is 8.03. The number of nitrogens with zero attached hydrogens (tertiary/aromatic N) is 1. The molecule has 1 aliphatic carbocycles. The first kappa shape index (κ1) is 15.0. The molecule has 0 aromatic heterocycles. The van der Waals surface area contributed by atoms with Gasteiger partial charge >= 0.3 is 5.97 Å². The smallest absolute Gasteiger partial charge is 0.324 e. The maximum absolute atomic E-state index is 11.7. The van der Waals surface area contributed by atoms with E-state index in [0.29, 0.717) is 19.4 Å². The summed E-state index contributed by atoms with van der Waals surface area (Å²) in [7, 11) is 0. The van der Waals surface area contributed by atoms with Gasteiger partial charge in [0, 0.05) is 25.9 Å². The van der Waals surface area contributed by atoms with Crippen LogP contribution in [0.15, 0.2) is 24.3 Å². The summed E-state index contributed by atoms with van der Waals surface area (Å²) < 4.78 is 0. The Balaban J connectivity index is 2.01. The quantitative estimate of drug-likeness (QED) is 0.793. The second kappa shape index (κ2) is 6.37. The number of aliphatic carboxylic acids is 1. The molecule has 0 heterocycles. The third kappa shape index (κ3) is 3.02. The Bertz CT molecular complexity index is 444. The molecule has 0 amide bonds. The van der Waals surface area contributed by atoms with Crippen molar-refractivity contribution in [2.45, 2.75) is 32.2 Å². The van der Waals surface area contributed by atoms with Crippen LogP contribution in [0.5, 0.6) is 0 Å². The molecule has 0 spiro atoms. The lowest BCUT2D eigenvalue weighted by Crippen LogP contribution is -2.54. The minimum absolute atomic E-state index is 0.580. The van der Waals surface area contributed by atoms with Crippen molar-refractivity contribution >= 4 is 5.97 Å². The van der Waals surface area contributed by atoms with E-state index in [2.05, 4.69) is 24.1 Å². The second-order valence-electron chi connectivity index (χ2n) is 5.46. The first-order valence-corrected chi connectivity index (χ1v) is 7.39. The predicted molar refractivity (Wildman–Crippen MR) is 80.0 cm³/mol. The monoisotopic (exact) mass is 276 g/mol. The molecule has 1 aliphatic rings. The Morgan fingerprint density at radius 3 is 2.25 bits per heavy atom. The highest BCUT2D eigenvalue weighted by molar-refractivity contribution is 5.81. The maximum atomic E-state index is 11.7. The molecule has 0 unspecified atom stereocenters. The van der Waals surface area contributed by atoms with E-state index in [9.17, 15) is 9.90 Å². The van der Waals surface area contributed by atoms with Gasteiger partial charge in [-0.05, 0) is 24.2 Å². The summed E-state index contributed by atoms with van der Waals surface area (Å²) in [5.41, 5.74) is 1.49. The van der Waals surface area contributed by atoms with Crippen LogP contribution in [-0.2, 0) is 17.6 Å². The second-order valence-corrected chi connectivity index (χ2v) is 5.46. The summed E-state index contributed by atoms with van der Waals surface area (Å²) in [5, 5.41) is 12.9. The Labute approximate surface area is 120 Å². The number of hydrogen-bond donors (Lipinski definition) is 2. The van der Waals surface area contributed by atoms with E-state index < -0.39 is 11.5 Å². The first-order valence-electron chi connectivity index (χ1n) is 7.39. The highest BCUT2D eigenvalue weighted by Crippen LogP contribution is 2.30. The number of likely N-dealkylation sites (N-methyl/N-ethyl adjacent to an activating group) is 1. The number of carboxylic acid groups (broad SMARTS) is 1. The number of carbonyl (C=O) groups is 1. The predicted octanol–water partition coefficient (Wildman–Crippen LogP) is 1.54. The Hall–Kier alpha value is -1.39. The zero-order valence-electron chi connectivity index (χ0n) is 12.4. The minimum atomic E-state index is -0.823. The standard InChI is InChI=1S/C16H24N2O2/c1-3-18(4-2)10-9-17-16(15(19)20)11-13-7-5-6-8-14(13)12-16/h5-8,17H,3-4,9-12H2,1-2H3,(H,19,20). The fourth-order valence-corrected chi connectivity index (χ4v) is 2.96. The first-order chi connectivity index (χ1) is 9.61.